The highest BCUT2D eigenvalue weighted by Crippen LogP contribution is 2.31. The normalized spacial score (nSPS) is 10.3. The summed E-state index contributed by atoms with van der Waals surface area (Å²) in [5, 5.41) is 2.91. The van der Waals surface area contributed by atoms with Crippen molar-refractivity contribution < 1.29 is 19.0 Å². The second-order valence-corrected chi connectivity index (χ2v) is 6.50. The van der Waals surface area contributed by atoms with Crippen LogP contribution in [0.25, 0.3) is 0 Å². The molecule has 0 unspecified atom stereocenters. The molecule has 1 amide bonds. The minimum absolute atomic E-state index is 0.0622. The van der Waals surface area contributed by atoms with Crippen molar-refractivity contribution >= 4 is 11.6 Å². The average Bonchev–Trinajstić information content (AvgIpc) is 2.77. The molecular weight excluding hydrogens is 366 g/mol. The molecule has 3 aromatic rings. The first-order chi connectivity index (χ1) is 14.2. The van der Waals surface area contributed by atoms with E-state index in [4.69, 9.17) is 14.2 Å². The molecule has 0 saturated carbocycles. The molecule has 0 aromatic heterocycles. The summed E-state index contributed by atoms with van der Waals surface area (Å²) in [5.41, 5.74) is 2.78. The summed E-state index contributed by atoms with van der Waals surface area (Å²) in [4.78, 5) is 12.3. The summed E-state index contributed by atoms with van der Waals surface area (Å²) >= 11 is 0. The van der Waals surface area contributed by atoms with E-state index in [9.17, 15) is 4.79 Å². The van der Waals surface area contributed by atoms with E-state index in [1.54, 1.807) is 14.2 Å². The molecule has 5 nitrogen and oxygen atoms in total. The van der Waals surface area contributed by atoms with Crippen LogP contribution in [0.3, 0.4) is 0 Å². The summed E-state index contributed by atoms with van der Waals surface area (Å²) in [6.07, 6.45) is 0.903. The Kier molecular flexibility index (Phi) is 7.11. The fourth-order valence-electron chi connectivity index (χ4n) is 3.00. The minimum Gasteiger partial charge on any atom is -0.493 e. The Balaban J connectivity index is 1.51. The highest BCUT2D eigenvalue weighted by atomic mass is 16.5. The van der Waals surface area contributed by atoms with E-state index in [1.165, 1.54) is 0 Å². The number of hydrogen-bond donors (Lipinski definition) is 1. The molecule has 0 bridgehead atoms. The lowest BCUT2D eigenvalue weighted by Crippen LogP contribution is -2.12. The zero-order chi connectivity index (χ0) is 20.5. The molecular formula is C24H25NO4. The van der Waals surface area contributed by atoms with Gasteiger partial charge in [0.05, 0.1) is 14.2 Å². The van der Waals surface area contributed by atoms with Crippen molar-refractivity contribution in [1.82, 2.24) is 0 Å². The maximum atomic E-state index is 12.3. The molecule has 150 valence electrons. The van der Waals surface area contributed by atoms with Gasteiger partial charge in [-0.25, -0.2) is 0 Å². The predicted octanol–water partition coefficient (Wildman–Crippen LogP) is 4.85. The van der Waals surface area contributed by atoms with Crippen LogP contribution in [0.15, 0.2) is 72.8 Å². The van der Waals surface area contributed by atoms with E-state index in [-0.39, 0.29) is 5.91 Å². The van der Waals surface area contributed by atoms with Crippen molar-refractivity contribution in [2.75, 3.05) is 19.5 Å². The second-order valence-electron chi connectivity index (χ2n) is 6.50. The van der Waals surface area contributed by atoms with Crippen LogP contribution in [0.1, 0.15) is 17.5 Å². The quantitative estimate of drug-likeness (QED) is 0.566. The zero-order valence-electron chi connectivity index (χ0n) is 16.7. The fraction of sp³-hybridized carbons (Fsp3) is 0.208. The van der Waals surface area contributed by atoms with Gasteiger partial charge in [-0.3, -0.25) is 4.79 Å². The van der Waals surface area contributed by atoms with Crippen molar-refractivity contribution in [2.24, 2.45) is 0 Å². The van der Waals surface area contributed by atoms with Gasteiger partial charge in [0, 0.05) is 12.1 Å². The van der Waals surface area contributed by atoms with Crippen LogP contribution in [0, 0.1) is 0 Å². The number of aryl methyl sites for hydroxylation is 1. The number of carbonyl (C=O) groups is 1. The van der Waals surface area contributed by atoms with Crippen molar-refractivity contribution in [3.63, 3.8) is 0 Å². The SMILES string of the molecule is COc1cccc(CCC(=O)Nc2ccc(OCc3ccccc3)cc2)c1OC. The van der Waals surface area contributed by atoms with Gasteiger partial charge in [-0.05, 0) is 47.9 Å². The molecule has 1 N–H and O–H groups in total. The molecule has 5 heteroatoms. The van der Waals surface area contributed by atoms with E-state index < -0.39 is 0 Å². The summed E-state index contributed by atoms with van der Waals surface area (Å²) in [6, 6.07) is 23.0. The third-order valence-corrected chi connectivity index (χ3v) is 4.49. The van der Waals surface area contributed by atoms with Crippen molar-refractivity contribution in [1.29, 1.82) is 0 Å². The van der Waals surface area contributed by atoms with Crippen LogP contribution in [-0.4, -0.2) is 20.1 Å². The molecule has 0 heterocycles. The van der Waals surface area contributed by atoms with Gasteiger partial charge < -0.3 is 19.5 Å². The van der Waals surface area contributed by atoms with E-state index in [0.29, 0.717) is 30.9 Å². The number of ether oxygens (including phenoxy) is 3. The van der Waals surface area contributed by atoms with Crippen LogP contribution in [0.5, 0.6) is 17.2 Å². The van der Waals surface area contributed by atoms with Gasteiger partial charge in [0.1, 0.15) is 12.4 Å². The summed E-state index contributed by atoms with van der Waals surface area (Å²) in [5.74, 6) is 2.03. The van der Waals surface area contributed by atoms with Gasteiger partial charge in [-0.1, -0.05) is 42.5 Å². The first kappa shape index (κ1) is 20.3. The zero-order valence-corrected chi connectivity index (χ0v) is 16.7. The molecule has 3 aromatic carbocycles. The predicted molar refractivity (Wildman–Crippen MR) is 114 cm³/mol. The highest BCUT2D eigenvalue weighted by Gasteiger charge is 2.11. The Morgan fingerprint density at radius 3 is 2.31 bits per heavy atom. The van der Waals surface area contributed by atoms with Crippen molar-refractivity contribution in [3.8, 4) is 17.2 Å². The molecule has 0 atom stereocenters. The molecule has 0 aliphatic carbocycles. The summed E-state index contributed by atoms with van der Waals surface area (Å²) in [6.45, 7) is 0.509. The number of amides is 1. The topological polar surface area (TPSA) is 56.8 Å². The number of para-hydroxylation sites is 1. The number of rotatable bonds is 9. The number of methoxy groups -OCH3 is 2. The van der Waals surface area contributed by atoms with Gasteiger partial charge >= 0.3 is 0 Å². The van der Waals surface area contributed by atoms with Gasteiger partial charge in [0.15, 0.2) is 11.5 Å². The first-order valence-corrected chi connectivity index (χ1v) is 9.46. The Morgan fingerprint density at radius 2 is 1.62 bits per heavy atom. The van der Waals surface area contributed by atoms with Crippen LogP contribution in [0.4, 0.5) is 5.69 Å². The Morgan fingerprint density at radius 1 is 0.862 bits per heavy atom. The number of anilines is 1. The lowest BCUT2D eigenvalue weighted by atomic mass is 10.1. The Bertz CT molecular complexity index is 923. The van der Waals surface area contributed by atoms with Gasteiger partial charge in [-0.15, -0.1) is 0 Å². The van der Waals surface area contributed by atoms with E-state index >= 15 is 0 Å². The number of carbonyl (C=O) groups excluding carboxylic acids is 1. The number of benzene rings is 3. The highest BCUT2D eigenvalue weighted by molar-refractivity contribution is 5.90. The van der Waals surface area contributed by atoms with E-state index in [0.717, 1.165) is 22.6 Å². The monoisotopic (exact) mass is 391 g/mol. The summed E-state index contributed by atoms with van der Waals surface area (Å²) in [7, 11) is 3.20. The third kappa shape index (κ3) is 5.75. The molecule has 29 heavy (non-hydrogen) atoms. The van der Waals surface area contributed by atoms with Gasteiger partial charge in [-0.2, -0.15) is 0 Å². The Labute approximate surface area is 171 Å². The van der Waals surface area contributed by atoms with Crippen molar-refractivity contribution in [2.45, 2.75) is 19.4 Å². The number of hydrogen-bond acceptors (Lipinski definition) is 4. The van der Waals surface area contributed by atoms with Crippen LogP contribution in [-0.2, 0) is 17.8 Å². The lowest BCUT2D eigenvalue weighted by molar-refractivity contribution is -0.116. The molecule has 0 spiro atoms. The smallest absolute Gasteiger partial charge is 0.224 e. The number of nitrogens with one attached hydrogen (secondary N) is 1. The fourth-order valence-corrected chi connectivity index (χ4v) is 3.00. The maximum absolute atomic E-state index is 12.3. The van der Waals surface area contributed by atoms with Gasteiger partial charge in [0.25, 0.3) is 0 Å². The molecule has 0 fully saturated rings. The molecule has 3 rings (SSSR count). The minimum atomic E-state index is -0.0622. The average molecular weight is 391 g/mol. The molecule has 0 aliphatic rings. The summed E-state index contributed by atoms with van der Waals surface area (Å²) < 4.78 is 16.5. The first-order valence-electron chi connectivity index (χ1n) is 9.46. The van der Waals surface area contributed by atoms with Crippen LogP contribution >= 0.6 is 0 Å². The second kappa shape index (κ2) is 10.2. The molecule has 0 aliphatic heterocycles. The van der Waals surface area contributed by atoms with Crippen LogP contribution < -0.4 is 19.5 Å². The van der Waals surface area contributed by atoms with Gasteiger partial charge in [0.2, 0.25) is 5.91 Å². The van der Waals surface area contributed by atoms with E-state index in [2.05, 4.69) is 5.32 Å². The molecule has 0 saturated heterocycles. The lowest BCUT2D eigenvalue weighted by Gasteiger charge is -2.12. The standard InChI is InChI=1S/C24H25NO4/c1-27-22-10-6-9-19(24(22)28-2)11-16-23(26)25-20-12-14-21(15-13-20)29-17-18-7-4-3-5-8-18/h3-10,12-15H,11,16-17H2,1-2H3,(H,25,26). The Hall–Kier alpha value is -3.47. The van der Waals surface area contributed by atoms with Crippen molar-refractivity contribution in [3.05, 3.63) is 83.9 Å². The van der Waals surface area contributed by atoms with Crippen LogP contribution in [0.2, 0.25) is 0 Å². The largest absolute Gasteiger partial charge is 0.493 e. The third-order valence-electron chi connectivity index (χ3n) is 4.49. The molecule has 0 radical (unpaired) electrons. The maximum Gasteiger partial charge on any atom is 0.224 e. The van der Waals surface area contributed by atoms with E-state index in [1.807, 2.05) is 72.8 Å².